The lowest BCUT2D eigenvalue weighted by Gasteiger charge is -2.17. The lowest BCUT2D eigenvalue weighted by Crippen LogP contribution is -2.30. The quantitative estimate of drug-likeness (QED) is 0.573. The Morgan fingerprint density at radius 2 is 1.78 bits per heavy atom. The van der Waals surface area contributed by atoms with Crippen molar-refractivity contribution in [2.45, 2.75) is 25.6 Å². The van der Waals surface area contributed by atoms with Crippen molar-refractivity contribution < 1.29 is 10.2 Å². The highest BCUT2D eigenvalue weighted by Gasteiger charge is 2.17. The van der Waals surface area contributed by atoms with Gasteiger partial charge in [-0.05, 0) is 6.42 Å². The van der Waals surface area contributed by atoms with Gasteiger partial charge in [0.15, 0.2) is 0 Å². The molecule has 0 atom stereocenters. The summed E-state index contributed by atoms with van der Waals surface area (Å²) in [6.45, 7) is 4.52. The van der Waals surface area contributed by atoms with Crippen LogP contribution in [0.1, 0.15) is 6.42 Å². The zero-order valence-electron chi connectivity index (χ0n) is 6.22. The van der Waals surface area contributed by atoms with Crippen LogP contribution in [0.5, 0.6) is 0 Å². The van der Waals surface area contributed by atoms with Gasteiger partial charge in [-0.3, -0.25) is 0 Å². The summed E-state index contributed by atoms with van der Waals surface area (Å²) < 4.78 is 0. The number of hydrogen-bond donors (Lipinski definition) is 2. The zero-order chi connectivity index (χ0) is 7.33. The molecule has 0 saturated heterocycles. The maximum absolute atomic E-state index is 8.80. The number of rotatable bonds is 4. The Morgan fingerprint density at radius 1 is 1.22 bits per heavy atom. The standard InChI is InChI=1S/C6H16O2Si/c1-9(2,6-8)5-3-4-7/h7-8H,3-6H2,1-2H3. The van der Waals surface area contributed by atoms with Crippen molar-refractivity contribution in [3.8, 4) is 0 Å². The van der Waals surface area contributed by atoms with Gasteiger partial charge in [0, 0.05) is 12.8 Å². The molecule has 0 aromatic carbocycles. The van der Waals surface area contributed by atoms with Crippen molar-refractivity contribution in [3.05, 3.63) is 0 Å². The molecule has 2 N–H and O–H groups in total. The monoisotopic (exact) mass is 148 g/mol. The molecule has 0 aromatic rings. The van der Waals surface area contributed by atoms with E-state index < -0.39 is 8.07 Å². The van der Waals surface area contributed by atoms with Gasteiger partial charge in [0.1, 0.15) is 0 Å². The predicted molar refractivity (Wildman–Crippen MR) is 41.1 cm³/mol. The average Bonchev–Trinajstić information content (AvgIpc) is 1.84. The van der Waals surface area contributed by atoms with Crippen LogP contribution in [0.2, 0.25) is 19.1 Å². The van der Waals surface area contributed by atoms with Gasteiger partial charge < -0.3 is 10.2 Å². The summed E-state index contributed by atoms with van der Waals surface area (Å²) in [7, 11) is -1.30. The van der Waals surface area contributed by atoms with Gasteiger partial charge in [-0.1, -0.05) is 19.1 Å². The Balaban J connectivity index is 3.33. The minimum absolute atomic E-state index is 0.260. The maximum atomic E-state index is 8.80. The third-order valence-electron chi connectivity index (χ3n) is 1.44. The lowest BCUT2D eigenvalue weighted by atomic mass is 10.5. The van der Waals surface area contributed by atoms with Gasteiger partial charge in [-0.2, -0.15) is 0 Å². The smallest absolute Gasteiger partial charge is 0.0773 e. The van der Waals surface area contributed by atoms with Gasteiger partial charge in [-0.15, -0.1) is 0 Å². The molecule has 0 aromatic heterocycles. The zero-order valence-corrected chi connectivity index (χ0v) is 7.22. The Bertz CT molecular complexity index is 73.5. The fourth-order valence-electron chi connectivity index (χ4n) is 0.637. The van der Waals surface area contributed by atoms with Crippen molar-refractivity contribution >= 4 is 8.07 Å². The molecule has 9 heavy (non-hydrogen) atoms. The second kappa shape index (κ2) is 4.03. The molecule has 56 valence electrons. The van der Waals surface area contributed by atoms with E-state index in [9.17, 15) is 0 Å². The van der Waals surface area contributed by atoms with Crippen LogP contribution in [0.3, 0.4) is 0 Å². The second-order valence-corrected chi connectivity index (χ2v) is 8.29. The fraction of sp³-hybridized carbons (Fsp3) is 1.00. The van der Waals surface area contributed by atoms with Crippen molar-refractivity contribution in [2.24, 2.45) is 0 Å². The molecular weight excluding hydrogens is 132 g/mol. The molecule has 0 amide bonds. The van der Waals surface area contributed by atoms with Crippen molar-refractivity contribution in [3.63, 3.8) is 0 Å². The summed E-state index contributed by atoms with van der Waals surface area (Å²) in [6, 6.07) is 1.03. The molecule has 0 bridgehead atoms. The summed E-state index contributed by atoms with van der Waals surface area (Å²) in [5.74, 6) is 0. The van der Waals surface area contributed by atoms with E-state index in [-0.39, 0.29) is 6.61 Å². The Hall–Kier alpha value is 0.137. The van der Waals surface area contributed by atoms with E-state index in [1.54, 1.807) is 0 Å². The maximum Gasteiger partial charge on any atom is 0.0773 e. The molecular formula is C6H16O2Si. The number of aliphatic hydroxyl groups excluding tert-OH is 2. The molecule has 0 aliphatic rings. The third kappa shape index (κ3) is 4.63. The van der Waals surface area contributed by atoms with Gasteiger partial charge in [-0.25, -0.2) is 0 Å². The first kappa shape index (κ1) is 9.14. The van der Waals surface area contributed by atoms with E-state index >= 15 is 0 Å². The van der Waals surface area contributed by atoms with E-state index in [0.717, 1.165) is 12.5 Å². The van der Waals surface area contributed by atoms with Crippen LogP contribution < -0.4 is 0 Å². The van der Waals surface area contributed by atoms with Crippen LogP contribution in [-0.4, -0.2) is 31.1 Å². The summed E-state index contributed by atoms with van der Waals surface area (Å²) in [5.41, 5.74) is 0. The highest BCUT2D eigenvalue weighted by atomic mass is 28.3. The third-order valence-corrected chi connectivity index (χ3v) is 4.00. The second-order valence-electron chi connectivity index (χ2n) is 3.15. The Labute approximate surface area is 57.5 Å². The highest BCUT2D eigenvalue weighted by Crippen LogP contribution is 2.09. The number of hydrogen-bond acceptors (Lipinski definition) is 2. The SMILES string of the molecule is C[Si](C)(CO)CCCO. The summed E-state index contributed by atoms with van der Waals surface area (Å²) >= 11 is 0. The molecule has 2 nitrogen and oxygen atoms in total. The summed E-state index contributed by atoms with van der Waals surface area (Å²) in [5, 5.41) is 17.3. The molecule has 0 rings (SSSR count). The van der Waals surface area contributed by atoms with Crippen LogP contribution in [0.25, 0.3) is 0 Å². The first-order valence-corrected chi connectivity index (χ1v) is 6.75. The van der Waals surface area contributed by atoms with Crippen LogP contribution in [-0.2, 0) is 0 Å². The topological polar surface area (TPSA) is 40.5 Å². The molecule has 3 heteroatoms. The molecule has 0 aliphatic carbocycles. The van der Waals surface area contributed by atoms with Crippen molar-refractivity contribution in [1.29, 1.82) is 0 Å². The Morgan fingerprint density at radius 3 is 2.11 bits per heavy atom. The Kier molecular flexibility index (Phi) is 4.09. The van der Waals surface area contributed by atoms with Crippen LogP contribution in [0.4, 0.5) is 0 Å². The van der Waals surface area contributed by atoms with Crippen molar-refractivity contribution in [2.75, 3.05) is 12.8 Å². The van der Waals surface area contributed by atoms with E-state index in [1.165, 1.54) is 0 Å². The van der Waals surface area contributed by atoms with Crippen molar-refractivity contribution in [1.82, 2.24) is 0 Å². The largest absolute Gasteiger partial charge is 0.400 e. The minimum atomic E-state index is -1.30. The lowest BCUT2D eigenvalue weighted by molar-refractivity contribution is 0.293. The first-order valence-electron chi connectivity index (χ1n) is 3.34. The van der Waals surface area contributed by atoms with Crippen LogP contribution >= 0.6 is 0 Å². The van der Waals surface area contributed by atoms with Gasteiger partial charge in [0.2, 0.25) is 0 Å². The average molecular weight is 148 g/mol. The molecule has 0 aliphatic heterocycles. The van der Waals surface area contributed by atoms with E-state index in [0.29, 0.717) is 6.23 Å². The normalized spacial score (nSPS) is 12.0. The molecule has 0 heterocycles. The summed E-state index contributed by atoms with van der Waals surface area (Å²) in [4.78, 5) is 0. The minimum Gasteiger partial charge on any atom is -0.400 e. The van der Waals surface area contributed by atoms with Gasteiger partial charge >= 0.3 is 0 Å². The first-order chi connectivity index (χ1) is 4.12. The summed E-state index contributed by atoms with van der Waals surface area (Å²) in [6.07, 6.45) is 1.19. The van der Waals surface area contributed by atoms with Gasteiger partial charge in [0.25, 0.3) is 0 Å². The molecule has 0 radical (unpaired) electrons. The number of aliphatic hydroxyl groups is 2. The molecule has 0 spiro atoms. The van der Waals surface area contributed by atoms with Crippen LogP contribution in [0, 0.1) is 0 Å². The van der Waals surface area contributed by atoms with E-state index in [1.807, 2.05) is 0 Å². The molecule has 0 saturated carbocycles. The van der Waals surface area contributed by atoms with Crippen LogP contribution in [0.15, 0.2) is 0 Å². The predicted octanol–water partition coefficient (Wildman–Crippen LogP) is 0.609. The molecule has 0 fully saturated rings. The van der Waals surface area contributed by atoms with E-state index in [2.05, 4.69) is 13.1 Å². The highest BCUT2D eigenvalue weighted by molar-refractivity contribution is 6.77. The van der Waals surface area contributed by atoms with Gasteiger partial charge in [0.05, 0.1) is 8.07 Å². The fourth-order valence-corrected chi connectivity index (χ4v) is 1.91. The molecule has 0 unspecified atom stereocenters. The van der Waals surface area contributed by atoms with E-state index in [4.69, 9.17) is 10.2 Å².